The van der Waals surface area contributed by atoms with Gasteiger partial charge < -0.3 is 29.1 Å². The second-order valence-electron chi connectivity index (χ2n) is 16.5. The maximum atomic E-state index is 14.1. The highest BCUT2D eigenvalue weighted by Gasteiger charge is 2.32. The van der Waals surface area contributed by atoms with Gasteiger partial charge in [-0.2, -0.15) is 5.10 Å². The van der Waals surface area contributed by atoms with Crippen molar-refractivity contribution in [2.24, 2.45) is 11.8 Å². The fraction of sp³-hybridized carbons (Fsp3) is 0.512. The highest BCUT2D eigenvalue weighted by Crippen LogP contribution is 2.36. The highest BCUT2D eigenvalue weighted by molar-refractivity contribution is 6.03. The average molecular weight is 844 g/mol. The second kappa shape index (κ2) is 18.9. The van der Waals surface area contributed by atoms with Gasteiger partial charge in [-0.25, -0.2) is 23.5 Å². The first kappa shape index (κ1) is 42.0. The molecule has 3 N–H and O–H groups in total. The quantitative estimate of drug-likeness (QED) is 0.0603. The minimum Gasteiger partial charge on any atom is -0.444 e. The topological polar surface area (TPSA) is 192 Å². The number of piperidine rings is 1. The van der Waals surface area contributed by atoms with E-state index in [0.717, 1.165) is 70.1 Å². The third kappa shape index (κ3) is 10.4. The van der Waals surface area contributed by atoms with Gasteiger partial charge in [0.25, 0.3) is 12.3 Å². The zero-order valence-electron chi connectivity index (χ0n) is 34.1. The third-order valence-corrected chi connectivity index (χ3v) is 11.8. The molecule has 1 unspecified atom stereocenters. The second-order valence-corrected chi connectivity index (χ2v) is 16.5. The van der Waals surface area contributed by atoms with Crippen molar-refractivity contribution in [2.75, 3.05) is 50.5 Å². The number of imide groups is 1. The lowest BCUT2D eigenvalue weighted by Gasteiger charge is -2.31. The van der Waals surface area contributed by atoms with Gasteiger partial charge in [0.05, 0.1) is 17.2 Å². The summed E-state index contributed by atoms with van der Waals surface area (Å²) in [6.07, 6.45) is 10.2. The minimum absolute atomic E-state index is 0.0329. The van der Waals surface area contributed by atoms with E-state index in [1.54, 1.807) is 29.1 Å². The van der Waals surface area contributed by atoms with E-state index in [1.807, 2.05) is 12.1 Å². The van der Waals surface area contributed by atoms with E-state index in [0.29, 0.717) is 47.5 Å². The Morgan fingerprint density at radius 2 is 1.84 bits per heavy atom. The van der Waals surface area contributed by atoms with E-state index in [1.165, 1.54) is 29.9 Å². The number of hydrogen-bond donors (Lipinski definition) is 3. The summed E-state index contributed by atoms with van der Waals surface area (Å²) in [6.45, 7) is 3.88. The van der Waals surface area contributed by atoms with Gasteiger partial charge in [0.15, 0.2) is 17.0 Å². The van der Waals surface area contributed by atoms with Crippen LogP contribution < -0.4 is 21.7 Å². The van der Waals surface area contributed by atoms with Gasteiger partial charge >= 0.3 is 5.76 Å². The predicted molar refractivity (Wildman–Crippen MR) is 220 cm³/mol. The normalized spacial score (nSPS) is 19.5. The summed E-state index contributed by atoms with van der Waals surface area (Å²) < 4.78 is 48.1. The highest BCUT2D eigenvalue weighted by atomic mass is 19.3. The number of amides is 3. The Kier molecular flexibility index (Phi) is 13.0. The van der Waals surface area contributed by atoms with Gasteiger partial charge in [0.1, 0.15) is 18.1 Å². The molecule has 3 aliphatic rings. The number of benzene rings is 1. The predicted octanol–water partition coefficient (Wildman–Crippen LogP) is 6.53. The number of aryl methyl sites for hydroxylation is 1. The summed E-state index contributed by atoms with van der Waals surface area (Å²) in [5.41, 5.74) is 2.03. The number of halogens is 2. The van der Waals surface area contributed by atoms with Gasteiger partial charge in [-0.3, -0.25) is 28.9 Å². The summed E-state index contributed by atoms with van der Waals surface area (Å²) in [5, 5.41) is 12.4. The van der Waals surface area contributed by atoms with Crippen molar-refractivity contribution < 1.29 is 36.7 Å². The van der Waals surface area contributed by atoms with E-state index in [9.17, 15) is 28.0 Å². The third-order valence-electron chi connectivity index (χ3n) is 11.8. The maximum Gasteiger partial charge on any atom is 0.420 e. The molecule has 5 aromatic rings. The maximum absolute atomic E-state index is 14.1. The standard InChI is InChI=1S/C43H51F2N9O7/c1-52(17-3-19-59-18-2-4-26-9-12-33-35(20-26)61-43(58)54(33)34-13-14-37(55)50-41(34)57)23-28-7-10-30(11-8-28)53-24-31(38(51-53)39(44)45)48-40(56)32-25-60-42(49-32)29-15-16-46-36(21-29)47-22-27-5-6-27/h9,12,15-16,20-21,24-25,27-28,30,34,39H,2-8,10-11,13-14,17-19,22-23H2,1H3,(H,46,47)(H,48,56)(H,50,55,57)/t28-,30-,34?. The molecular formula is C43H51F2N9O7. The van der Waals surface area contributed by atoms with Crippen LogP contribution in [0.1, 0.15) is 104 Å². The summed E-state index contributed by atoms with van der Waals surface area (Å²) in [7, 11) is 2.10. The van der Waals surface area contributed by atoms with Crippen LogP contribution in [-0.4, -0.2) is 86.8 Å². The molecule has 1 atom stereocenters. The van der Waals surface area contributed by atoms with Crippen molar-refractivity contribution in [3.63, 3.8) is 0 Å². The molecule has 3 fully saturated rings. The van der Waals surface area contributed by atoms with Crippen LogP contribution in [0, 0.1) is 11.8 Å². The summed E-state index contributed by atoms with van der Waals surface area (Å²) in [6, 6.07) is 8.22. The first-order chi connectivity index (χ1) is 29.6. The number of carbonyl (C=O) groups is 3. The van der Waals surface area contributed by atoms with Crippen LogP contribution in [0.3, 0.4) is 0 Å². The molecule has 16 nitrogen and oxygen atoms in total. The Labute approximate surface area is 350 Å². The number of carbonyl (C=O) groups excluding carboxylic acids is 3. The summed E-state index contributed by atoms with van der Waals surface area (Å²) >= 11 is 0. The van der Waals surface area contributed by atoms with Gasteiger partial charge in [0, 0.05) is 57.2 Å². The Balaban J connectivity index is 0.735. The summed E-state index contributed by atoms with van der Waals surface area (Å²) in [4.78, 5) is 60.5. The molecule has 5 heterocycles. The fourth-order valence-corrected chi connectivity index (χ4v) is 8.28. The molecule has 4 aromatic heterocycles. The van der Waals surface area contributed by atoms with Crippen molar-refractivity contribution in [3.8, 4) is 11.5 Å². The number of oxazole rings is 2. The zero-order chi connectivity index (χ0) is 42.5. The van der Waals surface area contributed by atoms with E-state index >= 15 is 0 Å². The molecule has 0 radical (unpaired) electrons. The fourth-order valence-electron chi connectivity index (χ4n) is 8.28. The Bertz CT molecular complexity index is 2400. The van der Waals surface area contributed by atoms with Crippen LogP contribution in [0.25, 0.3) is 22.6 Å². The Morgan fingerprint density at radius 3 is 2.62 bits per heavy atom. The lowest BCUT2D eigenvalue weighted by molar-refractivity contribution is -0.135. The van der Waals surface area contributed by atoms with Crippen molar-refractivity contribution in [2.45, 2.75) is 89.1 Å². The van der Waals surface area contributed by atoms with Gasteiger partial charge in [-0.1, -0.05) is 6.07 Å². The smallest absolute Gasteiger partial charge is 0.420 e. The molecule has 61 heavy (non-hydrogen) atoms. The van der Waals surface area contributed by atoms with Crippen LogP contribution in [-0.2, 0) is 20.7 Å². The molecule has 1 aromatic carbocycles. The molecule has 2 saturated carbocycles. The lowest BCUT2D eigenvalue weighted by Crippen LogP contribution is -2.43. The van der Waals surface area contributed by atoms with Crippen molar-refractivity contribution in [3.05, 3.63) is 76.5 Å². The van der Waals surface area contributed by atoms with Crippen molar-refractivity contribution in [1.82, 2.24) is 34.5 Å². The Morgan fingerprint density at radius 1 is 1.03 bits per heavy atom. The lowest BCUT2D eigenvalue weighted by atomic mass is 9.86. The molecule has 0 bridgehead atoms. The van der Waals surface area contributed by atoms with Gasteiger partial charge in [0.2, 0.25) is 17.7 Å². The number of nitrogens with zero attached hydrogens (tertiary/aromatic N) is 6. The number of ether oxygens (including phenoxy) is 1. The van der Waals surface area contributed by atoms with Crippen molar-refractivity contribution >= 4 is 40.3 Å². The van der Waals surface area contributed by atoms with Gasteiger partial charge in [-0.15, -0.1) is 0 Å². The van der Waals surface area contributed by atoms with Crippen LogP contribution >= 0.6 is 0 Å². The van der Waals surface area contributed by atoms with E-state index < -0.39 is 35.7 Å². The van der Waals surface area contributed by atoms with Crippen LogP contribution in [0.15, 0.2) is 62.6 Å². The average Bonchev–Trinajstić information content (AvgIpc) is 3.60. The molecule has 0 spiro atoms. The molecule has 1 aliphatic heterocycles. The SMILES string of the molecule is CN(CCCOCCCc1ccc2c(c1)oc(=O)n2C1CCC(=O)NC1=O)C[C@H]1CC[C@H](n2cc(NC(=O)c3coc(-c4ccnc(NCC5CC5)c4)n3)c(C(F)F)n2)CC1. The first-order valence-corrected chi connectivity index (χ1v) is 21.2. The Hall–Kier alpha value is -5.75. The zero-order valence-corrected chi connectivity index (χ0v) is 34.1. The van der Waals surface area contributed by atoms with E-state index in [4.69, 9.17) is 13.6 Å². The molecule has 2 aliphatic carbocycles. The van der Waals surface area contributed by atoms with Crippen molar-refractivity contribution in [1.29, 1.82) is 0 Å². The van der Waals surface area contributed by atoms with Gasteiger partial charge in [-0.05, 0) is 113 Å². The molecule has 18 heteroatoms. The number of anilines is 2. The monoisotopic (exact) mass is 843 g/mol. The van der Waals surface area contributed by atoms with Crippen LogP contribution in [0.2, 0.25) is 0 Å². The number of hydrogen-bond acceptors (Lipinski definition) is 12. The number of alkyl halides is 2. The largest absolute Gasteiger partial charge is 0.444 e. The number of pyridine rings is 1. The number of nitrogens with one attached hydrogen (secondary N) is 3. The van der Waals surface area contributed by atoms with E-state index in [-0.39, 0.29) is 42.1 Å². The van der Waals surface area contributed by atoms with Crippen LogP contribution in [0.5, 0.6) is 0 Å². The molecule has 8 rings (SSSR count). The molecule has 324 valence electrons. The number of aromatic nitrogens is 5. The minimum atomic E-state index is -2.87. The molecular weight excluding hydrogens is 793 g/mol. The number of rotatable bonds is 19. The first-order valence-electron chi connectivity index (χ1n) is 21.2. The number of fused-ring (bicyclic) bond motifs is 1. The molecule has 3 amide bonds. The molecule has 1 saturated heterocycles. The van der Waals surface area contributed by atoms with E-state index in [2.05, 4.69) is 43.0 Å². The van der Waals surface area contributed by atoms with Crippen LogP contribution in [0.4, 0.5) is 20.3 Å². The summed E-state index contributed by atoms with van der Waals surface area (Å²) in [5.74, 6) is -0.0642.